The van der Waals surface area contributed by atoms with E-state index in [0.29, 0.717) is 0 Å². The molecular formula is C14H19FN2O3. The SMILES string of the molecule is CCOC(=O)CN(C(=O)c1cc(N)cc(F)c1)C(C)C. The summed E-state index contributed by atoms with van der Waals surface area (Å²) in [7, 11) is 0. The van der Waals surface area contributed by atoms with Crippen LogP contribution in [0.1, 0.15) is 31.1 Å². The molecule has 2 N–H and O–H groups in total. The van der Waals surface area contributed by atoms with Crippen LogP contribution in [0.25, 0.3) is 0 Å². The number of carbonyl (C=O) groups is 2. The number of halogens is 1. The second-order valence-electron chi connectivity index (χ2n) is 4.61. The largest absolute Gasteiger partial charge is 0.465 e. The first-order valence-corrected chi connectivity index (χ1v) is 6.37. The van der Waals surface area contributed by atoms with Crippen molar-refractivity contribution in [3.63, 3.8) is 0 Å². The molecule has 0 saturated heterocycles. The van der Waals surface area contributed by atoms with Crippen molar-refractivity contribution in [2.24, 2.45) is 0 Å². The van der Waals surface area contributed by atoms with Gasteiger partial charge < -0.3 is 15.4 Å². The van der Waals surface area contributed by atoms with E-state index in [0.717, 1.165) is 12.1 Å². The van der Waals surface area contributed by atoms with E-state index in [1.54, 1.807) is 20.8 Å². The number of nitrogen functional groups attached to an aromatic ring is 1. The highest BCUT2D eigenvalue weighted by Gasteiger charge is 2.22. The number of hydrogen-bond donors (Lipinski definition) is 1. The van der Waals surface area contributed by atoms with Crippen LogP contribution in [0.15, 0.2) is 18.2 Å². The predicted octanol–water partition coefficient (Wildman–Crippen LogP) is 1.82. The van der Waals surface area contributed by atoms with Gasteiger partial charge in [0.1, 0.15) is 12.4 Å². The first-order valence-electron chi connectivity index (χ1n) is 6.37. The average molecular weight is 282 g/mol. The Hall–Kier alpha value is -2.11. The van der Waals surface area contributed by atoms with Gasteiger partial charge in [0, 0.05) is 17.3 Å². The highest BCUT2D eigenvalue weighted by Crippen LogP contribution is 2.14. The molecule has 20 heavy (non-hydrogen) atoms. The molecule has 0 aromatic heterocycles. The van der Waals surface area contributed by atoms with Crippen LogP contribution in [0.5, 0.6) is 0 Å². The van der Waals surface area contributed by atoms with Crippen LogP contribution in [0.2, 0.25) is 0 Å². The maximum atomic E-state index is 13.3. The molecule has 0 radical (unpaired) electrons. The van der Waals surface area contributed by atoms with Gasteiger partial charge in [0.2, 0.25) is 0 Å². The zero-order valence-corrected chi connectivity index (χ0v) is 11.9. The van der Waals surface area contributed by atoms with Gasteiger partial charge in [0.05, 0.1) is 6.61 Å². The van der Waals surface area contributed by atoms with E-state index >= 15 is 0 Å². The Kier molecular flexibility index (Phi) is 5.49. The number of nitrogens with zero attached hydrogens (tertiary/aromatic N) is 1. The number of ether oxygens (including phenoxy) is 1. The van der Waals surface area contributed by atoms with Crippen LogP contribution in [-0.4, -0.2) is 36.0 Å². The van der Waals surface area contributed by atoms with Crippen molar-refractivity contribution >= 4 is 17.6 Å². The maximum Gasteiger partial charge on any atom is 0.325 e. The summed E-state index contributed by atoms with van der Waals surface area (Å²) in [4.78, 5) is 25.2. The topological polar surface area (TPSA) is 72.6 Å². The molecule has 0 heterocycles. The minimum absolute atomic E-state index is 0.112. The highest BCUT2D eigenvalue weighted by atomic mass is 19.1. The lowest BCUT2D eigenvalue weighted by Gasteiger charge is -2.25. The van der Waals surface area contributed by atoms with Gasteiger partial charge in [0.15, 0.2) is 0 Å². The minimum Gasteiger partial charge on any atom is -0.465 e. The Bertz CT molecular complexity index is 483. The third-order valence-corrected chi connectivity index (χ3v) is 2.66. The Balaban J connectivity index is 2.96. The van der Waals surface area contributed by atoms with Gasteiger partial charge in [-0.3, -0.25) is 9.59 Å². The summed E-state index contributed by atoms with van der Waals surface area (Å²) >= 11 is 0. The van der Waals surface area contributed by atoms with Gasteiger partial charge in [0.25, 0.3) is 5.91 Å². The fourth-order valence-corrected chi connectivity index (χ4v) is 1.74. The molecule has 0 spiro atoms. The lowest BCUT2D eigenvalue weighted by Crippen LogP contribution is -2.41. The number of anilines is 1. The summed E-state index contributed by atoms with van der Waals surface area (Å²) in [6, 6.07) is 3.38. The van der Waals surface area contributed by atoms with Gasteiger partial charge in [-0.2, -0.15) is 0 Å². The van der Waals surface area contributed by atoms with Crippen molar-refractivity contribution in [3.05, 3.63) is 29.6 Å². The number of nitrogens with two attached hydrogens (primary N) is 1. The summed E-state index contributed by atoms with van der Waals surface area (Å²) in [5.41, 5.74) is 5.79. The zero-order valence-electron chi connectivity index (χ0n) is 11.9. The lowest BCUT2D eigenvalue weighted by atomic mass is 10.1. The van der Waals surface area contributed by atoms with Crippen LogP contribution in [0, 0.1) is 5.82 Å². The summed E-state index contributed by atoms with van der Waals surface area (Å²) in [6.45, 7) is 5.28. The molecular weight excluding hydrogens is 263 g/mol. The second-order valence-corrected chi connectivity index (χ2v) is 4.61. The molecule has 0 bridgehead atoms. The first-order chi connectivity index (χ1) is 9.35. The van der Waals surface area contributed by atoms with Crippen LogP contribution in [-0.2, 0) is 9.53 Å². The normalized spacial score (nSPS) is 10.4. The van der Waals surface area contributed by atoms with Crippen molar-refractivity contribution in [1.29, 1.82) is 0 Å². The summed E-state index contributed by atoms with van der Waals surface area (Å²) in [6.07, 6.45) is 0. The van der Waals surface area contributed by atoms with E-state index in [-0.39, 0.29) is 30.4 Å². The molecule has 1 amide bonds. The molecule has 0 aliphatic rings. The molecule has 0 atom stereocenters. The Morgan fingerprint density at radius 3 is 2.50 bits per heavy atom. The number of rotatable bonds is 5. The van der Waals surface area contributed by atoms with Gasteiger partial charge >= 0.3 is 5.97 Å². The Morgan fingerprint density at radius 2 is 2.00 bits per heavy atom. The summed E-state index contributed by atoms with van der Waals surface area (Å²) in [5, 5.41) is 0. The molecule has 0 unspecified atom stereocenters. The van der Waals surface area contributed by atoms with E-state index in [9.17, 15) is 14.0 Å². The lowest BCUT2D eigenvalue weighted by molar-refractivity contribution is -0.144. The summed E-state index contributed by atoms with van der Waals surface area (Å²) < 4.78 is 18.1. The van der Waals surface area contributed by atoms with Crippen molar-refractivity contribution in [2.75, 3.05) is 18.9 Å². The standard InChI is InChI=1S/C14H19FN2O3/c1-4-20-13(18)8-17(9(2)3)14(19)10-5-11(15)7-12(16)6-10/h5-7,9H,4,8,16H2,1-3H3. The fourth-order valence-electron chi connectivity index (χ4n) is 1.74. The molecule has 0 aliphatic carbocycles. The van der Waals surface area contributed by atoms with Crippen molar-refractivity contribution in [1.82, 2.24) is 4.90 Å². The third-order valence-electron chi connectivity index (χ3n) is 2.66. The van der Waals surface area contributed by atoms with Crippen molar-refractivity contribution < 1.29 is 18.7 Å². The average Bonchev–Trinajstić information content (AvgIpc) is 2.34. The summed E-state index contributed by atoms with van der Waals surface area (Å²) in [5.74, 6) is -1.55. The van der Waals surface area contributed by atoms with Gasteiger partial charge in [-0.05, 0) is 39.0 Å². The molecule has 0 fully saturated rings. The second kappa shape index (κ2) is 6.88. The smallest absolute Gasteiger partial charge is 0.325 e. The van der Waals surface area contributed by atoms with Crippen LogP contribution < -0.4 is 5.73 Å². The predicted molar refractivity (Wildman–Crippen MR) is 73.6 cm³/mol. The number of hydrogen-bond acceptors (Lipinski definition) is 4. The van der Waals surface area contributed by atoms with Crippen molar-refractivity contribution in [3.8, 4) is 0 Å². The van der Waals surface area contributed by atoms with E-state index in [1.807, 2.05) is 0 Å². The van der Waals surface area contributed by atoms with Crippen molar-refractivity contribution in [2.45, 2.75) is 26.8 Å². The molecule has 0 aliphatic heterocycles. The first kappa shape index (κ1) is 15.9. The molecule has 5 nitrogen and oxygen atoms in total. The number of benzene rings is 1. The minimum atomic E-state index is -0.590. The molecule has 1 rings (SSSR count). The van der Waals surface area contributed by atoms with E-state index < -0.39 is 17.7 Å². The molecule has 1 aromatic rings. The fraction of sp³-hybridized carbons (Fsp3) is 0.429. The van der Waals surface area contributed by atoms with E-state index in [1.165, 1.54) is 11.0 Å². The Morgan fingerprint density at radius 1 is 1.35 bits per heavy atom. The van der Waals surface area contributed by atoms with Gasteiger partial charge in [-0.1, -0.05) is 0 Å². The van der Waals surface area contributed by atoms with E-state index in [2.05, 4.69) is 0 Å². The molecule has 6 heteroatoms. The Labute approximate surface area is 117 Å². The van der Waals surface area contributed by atoms with Gasteiger partial charge in [-0.15, -0.1) is 0 Å². The number of esters is 1. The van der Waals surface area contributed by atoms with Crippen LogP contribution in [0.3, 0.4) is 0 Å². The monoisotopic (exact) mass is 282 g/mol. The van der Waals surface area contributed by atoms with E-state index in [4.69, 9.17) is 10.5 Å². The number of carbonyl (C=O) groups excluding carboxylic acids is 2. The highest BCUT2D eigenvalue weighted by molar-refractivity contribution is 5.96. The zero-order chi connectivity index (χ0) is 15.3. The quantitative estimate of drug-likeness (QED) is 0.660. The van der Waals surface area contributed by atoms with Gasteiger partial charge in [-0.25, -0.2) is 4.39 Å². The van der Waals surface area contributed by atoms with Crippen LogP contribution >= 0.6 is 0 Å². The third kappa shape index (κ3) is 4.22. The number of amides is 1. The molecule has 1 aromatic carbocycles. The molecule has 0 saturated carbocycles. The maximum absolute atomic E-state index is 13.3. The molecule has 110 valence electrons. The van der Waals surface area contributed by atoms with Crippen LogP contribution in [0.4, 0.5) is 10.1 Å².